The molecule has 0 bridgehead atoms. The van der Waals surface area contributed by atoms with Gasteiger partial charge >= 0.3 is 0 Å². The van der Waals surface area contributed by atoms with Crippen LogP contribution in [-0.2, 0) is 0 Å². The van der Waals surface area contributed by atoms with Crippen LogP contribution in [-0.4, -0.2) is 22.4 Å². The Morgan fingerprint density at radius 3 is 2.52 bits per heavy atom. The molecule has 3 aliphatic carbocycles. The molecule has 2 N–H and O–H groups in total. The first-order valence-electron chi connectivity index (χ1n) is 10.3. The van der Waals surface area contributed by atoms with Gasteiger partial charge in [0.05, 0.1) is 12.2 Å². The first kappa shape index (κ1) is 18.9. The van der Waals surface area contributed by atoms with Crippen LogP contribution in [0.3, 0.4) is 0 Å². The van der Waals surface area contributed by atoms with Crippen molar-refractivity contribution in [2.75, 3.05) is 0 Å². The number of rotatable bonds is 3. The molecule has 3 saturated carbocycles. The predicted octanol–water partition coefficient (Wildman–Crippen LogP) is 5.17. The largest absolute Gasteiger partial charge is 0.388 e. The van der Waals surface area contributed by atoms with Gasteiger partial charge in [0.25, 0.3) is 0 Å². The molecule has 1 unspecified atom stereocenters. The minimum Gasteiger partial charge on any atom is -0.388 e. The summed E-state index contributed by atoms with van der Waals surface area (Å²) in [7, 11) is 0. The summed E-state index contributed by atoms with van der Waals surface area (Å²) >= 11 is 0. The highest BCUT2D eigenvalue weighted by molar-refractivity contribution is 5.29. The Morgan fingerprint density at radius 2 is 1.88 bits per heavy atom. The van der Waals surface area contributed by atoms with E-state index in [-0.39, 0.29) is 0 Å². The van der Waals surface area contributed by atoms with Gasteiger partial charge < -0.3 is 10.2 Å². The molecule has 0 aromatic rings. The molecule has 0 amide bonds. The summed E-state index contributed by atoms with van der Waals surface area (Å²) in [6.07, 6.45) is 12.5. The van der Waals surface area contributed by atoms with Gasteiger partial charge in [0.15, 0.2) is 0 Å². The zero-order valence-electron chi connectivity index (χ0n) is 16.3. The zero-order chi connectivity index (χ0) is 18.2. The molecule has 140 valence electrons. The minimum absolute atomic E-state index is 0.470. The van der Waals surface area contributed by atoms with Crippen LogP contribution in [0.1, 0.15) is 72.1 Å². The van der Waals surface area contributed by atoms with Gasteiger partial charge in [-0.3, -0.25) is 0 Å². The van der Waals surface area contributed by atoms with Crippen LogP contribution >= 0.6 is 0 Å². The smallest absolute Gasteiger partial charge is 0.0809 e. The lowest BCUT2D eigenvalue weighted by Crippen LogP contribution is -2.35. The fourth-order valence-electron chi connectivity index (χ4n) is 5.92. The number of aliphatic hydroxyl groups is 2. The molecule has 0 aromatic carbocycles. The SMILES string of the molecule is C=C1[C@H](O)CC(=C/C=C2\CCC[C@@]3(C)C2CC[C@@H]3[C@@H](C)CC)C[C@H]1O. The molecule has 0 saturated heterocycles. The summed E-state index contributed by atoms with van der Waals surface area (Å²) in [6.45, 7) is 11.1. The normalized spacial score (nSPS) is 41.7. The Balaban J connectivity index is 1.78. The first-order valence-corrected chi connectivity index (χ1v) is 10.3. The Bertz CT molecular complexity index is 557. The van der Waals surface area contributed by atoms with E-state index < -0.39 is 12.2 Å². The molecular weight excluding hydrogens is 308 g/mol. The highest BCUT2D eigenvalue weighted by Gasteiger charge is 2.50. The molecule has 0 aliphatic heterocycles. The standard InChI is InChI=1S/C23H36O2/c1-5-15(2)19-10-11-20-18(7-6-12-23(19,20)4)9-8-17-13-21(24)16(3)22(25)14-17/h8-9,15,19-22,24-25H,3,5-7,10-14H2,1-2,4H3/b18-9+/t15-,19+,20?,21+,22+,23+/m0/s1. The van der Waals surface area contributed by atoms with Crippen molar-refractivity contribution in [2.24, 2.45) is 23.2 Å². The molecule has 3 aliphatic rings. The van der Waals surface area contributed by atoms with Gasteiger partial charge in [-0.1, -0.05) is 57.1 Å². The monoisotopic (exact) mass is 344 g/mol. The molecular formula is C23H36O2. The third-order valence-corrected chi connectivity index (χ3v) is 7.67. The van der Waals surface area contributed by atoms with Gasteiger partial charge in [0, 0.05) is 0 Å². The Morgan fingerprint density at radius 1 is 1.20 bits per heavy atom. The summed E-state index contributed by atoms with van der Waals surface area (Å²) in [6, 6.07) is 0. The minimum atomic E-state index is -0.591. The summed E-state index contributed by atoms with van der Waals surface area (Å²) in [5.41, 5.74) is 3.81. The summed E-state index contributed by atoms with van der Waals surface area (Å²) in [5.74, 6) is 2.41. The van der Waals surface area contributed by atoms with Crippen LogP contribution in [0.5, 0.6) is 0 Å². The second-order valence-corrected chi connectivity index (χ2v) is 9.06. The van der Waals surface area contributed by atoms with Crippen molar-refractivity contribution in [3.8, 4) is 0 Å². The topological polar surface area (TPSA) is 40.5 Å². The Hall–Kier alpha value is -0.860. The van der Waals surface area contributed by atoms with Crippen LogP contribution < -0.4 is 0 Å². The van der Waals surface area contributed by atoms with E-state index in [1.54, 1.807) is 5.57 Å². The zero-order valence-corrected chi connectivity index (χ0v) is 16.3. The first-order chi connectivity index (χ1) is 11.9. The van der Waals surface area contributed by atoms with E-state index in [0.29, 0.717) is 23.8 Å². The Kier molecular flexibility index (Phi) is 5.60. The van der Waals surface area contributed by atoms with Crippen molar-refractivity contribution in [3.63, 3.8) is 0 Å². The van der Waals surface area contributed by atoms with Crippen LogP contribution in [0.4, 0.5) is 0 Å². The van der Waals surface area contributed by atoms with E-state index in [1.807, 2.05) is 0 Å². The van der Waals surface area contributed by atoms with Crippen molar-refractivity contribution < 1.29 is 10.2 Å². The molecule has 0 radical (unpaired) electrons. The van der Waals surface area contributed by atoms with Crippen LogP contribution in [0.2, 0.25) is 0 Å². The summed E-state index contributed by atoms with van der Waals surface area (Å²) in [5, 5.41) is 20.1. The molecule has 0 heterocycles. The third kappa shape index (κ3) is 3.53. The highest BCUT2D eigenvalue weighted by atomic mass is 16.3. The lowest BCUT2D eigenvalue weighted by molar-refractivity contribution is 0.0961. The van der Waals surface area contributed by atoms with E-state index in [2.05, 4.69) is 39.5 Å². The average molecular weight is 345 g/mol. The van der Waals surface area contributed by atoms with Crippen LogP contribution in [0, 0.1) is 23.2 Å². The lowest BCUT2D eigenvalue weighted by atomic mass is 9.61. The quantitative estimate of drug-likeness (QED) is 0.693. The fourth-order valence-corrected chi connectivity index (χ4v) is 5.92. The molecule has 3 rings (SSSR count). The number of hydrogen-bond acceptors (Lipinski definition) is 2. The van der Waals surface area contributed by atoms with Crippen molar-refractivity contribution >= 4 is 0 Å². The maximum absolute atomic E-state index is 10.0. The highest BCUT2D eigenvalue weighted by Crippen LogP contribution is 2.59. The number of allylic oxidation sites excluding steroid dienone is 3. The number of hydrogen-bond donors (Lipinski definition) is 2. The number of fused-ring (bicyclic) bond motifs is 1. The maximum atomic E-state index is 10.0. The predicted molar refractivity (Wildman–Crippen MR) is 104 cm³/mol. The van der Waals surface area contributed by atoms with E-state index in [9.17, 15) is 10.2 Å². The van der Waals surface area contributed by atoms with Crippen molar-refractivity contribution in [2.45, 2.75) is 84.3 Å². The van der Waals surface area contributed by atoms with Gasteiger partial charge in [-0.05, 0) is 73.7 Å². The van der Waals surface area contributed by atoms with Crippen molar-refractivity contribution in [1.29, 1.82) is 0 Å². The average Bonchev–Trinajstić information content (AvgIpc) is 2.94. The van der Waals surface area contributed by atoms with Gasteiger partial charge in [-0.25, -0.2) is 0 Å². The molecule has 0 aromatic heterocycles. The van der Waals surface area contributed by atoms with Gasteiger partial charge in [0.2, 0.25) is 0 Å². The molecule has 0 spiro atoms. The molecule has 2 heteroatoms. The summed E-state index contributed by atoms with van der Waals surface area (Å²) in [4.78, 5) is 0. The van der Waals surface area contributed by atoms with Crippen LogP contribution in [0.15, 0.2) is 35.5 Å². The van der Waals surface area contributed by atoms with E-state index in [0.717, 1.165) is 23.3 Å². The fraction of sp³-hybridized carbons (Fsp3) is 0.739. The molecule has 3 fully saturated rings. The van der Waals surface area contributed by atoms with Crippen molar-refractivity contribution in [3.05, 3.63) is 35.5 Å². The van der Waals surface area contributed by atoms with E-state index in [4.69, 9.17) is 0 Å². The van der Waals surface area contributed by atoms with Gasteiger partial charge in [-0.2, -0.15) is 0 Å². The lowest BCUT2D eigenvalue weighted by Gasteiger charge is -2.44. The summed E-state index contributed by atoms with van der Waals surface area (Å²) < 4.78 is 0. The second kappa shape index (κ2) is 7.40. The second-order valence-electron chi connectivity index (χ2n) is 9.06. The molecule has 2 nitrogen and oxygen atoms in total. The molecule has 6 atom stereocenters. The van der Waals surface area contributed by atoms with E-state index in [1.165, 1.54) is 38.5 Å². The third-order valence-electron chi connectivity index (χ3n) is 7.67. The number of aliphatic hydroxyl groups excluding tert-OH is 2. The van der Waals surface area contributed by atoms with Gasteiger partial charge in [-0.15, -0.1) is 0 Å². The van der Waals surface area contributed by atoms with E-state index >= 15 is 0 Å². The molecule has 25 heavy (non-hydrogen) atoms. The maximum Gasteiger partial charge on any atom is 0.0809 e. The van der Waals surface area contributed by atoms with Crippen LogP contribution in [0.25, 0.3) is 0 Å². The van der Waals surface area contributed by atoms with Gasteiger partial charge in [0.1, 0.15) is 0 Å². The van der Waals surface area contributed by atoms with Crippen molar-refractivity contribution in [1.82, 2.24) is 0 Å². The Labute approximate surface area is 153 Å².